The Balaban J connectivity index is 1.22. The van der Waals surface area contributed by atoms with E-state index in [1.54, 1.807) is 6.20 Å². The highest BCUT2D eigenvalue weighted by Crippen LogP contribution is 2.18. The maximum atomic E-state index is 10.6. The second-order valence-corrected chi connectivity index (χ2v) is 8.42. The minimum atomic E-state index is -0.486. The van der Waals surface area contributed by atoms with Crippen molar-refractivity contribution in [3.05, 3.63) is 83.7 Å². The summed E-state index contributed by atoms with van der Waals surface area (Å²) in [6.45, 7) is 6.50. The van der Waals surface area contributed by atoms with E-state index in [2.05, 4.69) is 74.2 Å². The first kappa shape index (κ1) is 23.0. The smallest absolute Gasteiger partial charge is 0.191 e. The van der Waals surface area contributed by atoms with Crippen LogP contribution in [-0.4, -0.2) is 64.6 Å². The van der Waals surface area contributed by atoms with Gasteiger partial charge < -0.3 is 15.7 Å². The third-order valence-electron chi connectivity index (χ3n) is 5.89. The number of rotatable bonds is 9. The summed E-state index contributed by atoms with van der Waals surface area (Å²) in [5.41, 5.74) is 5.10. The van der Waals surface area contributed by atoms with Crippen molar-refractivity contribution >= 4 is 5.96 Å². The van der Waals surface area contributed by atoms with Crippen molar-refractivity contribution in [3.8, 4) is 5.69 Å². The molecule has 1 aliphatic rings. The average molecular weight is 447 g/mol. The van der Waals surface area contributed by atoms with E-state index >= 15 is 0 Å². The highest BCUT2D eigenvalue weighted by Gasteiger charge is 2.18. The lowest BCUT2D eigenvalue weighted by Crippen LogP contribution is -2.40. The van der Waals surface area contributed by atoms with Crippen molar-refractivity contribution in [2.24, 2.45) is 4.99 Å². The topological polar surface area (TPSA) is 77.7 Å². The molecule has 0 saturated heterocycles. The molecule has 0 saturated carbocycles. The summed E-state index contributed by atoms with van der Waals surface area (Å²) >= 11 is 0. The molecule has 0 radical (unpaired) electrons. The van der Waals surface area contributed by atoms with Gasteiger partial charge in [-0.2, -0.15) is 5.10 Å². The Morgan fingerprint density at radius 1 is 1.09 bits per heavy atom. The molecule has 4 rings (SSSR count). The molecule has 3 N–H and O–H groups in total. The maximum absolute atomic E-state index is 10.6. The van der Waals surface area contributed by atoms with Crippen LogP contribution >= 0.6 is 0 Å². The van der Waals surface area contributed by atoms with Crippen LogP contribution in [0.1, 0.15) is 23.6 Å². The summed E-state index contributed by atoms with van der Waals surface area (Å²) in [5.74, 6) is 0.744. The van der Waals surface area contributed by atoms with Gasteiger partial charge in [-0.25, -0.2) is 4.68 Å². The lowest BCUT2D eigenvalue weighted by molar-refractivity contribution is 0.111. The van der Waals surface area contributed by atoms with Crippen LogP contribution in [0.5, 0.6) is 0 Å². The van der Waals surface area contributed by atoms with Crippen LogP contribution < -0.4 is 10.6 Å². The lowest BCUT2D eigenvalue weighted by Gasteiger charge is -2.30. The molecule has 7 nitrogen and oxygen atoms in total. The summed E-state index contributed by atoms with van der Waals surface area (Å²) in [5, 5.41) is 21.5. The maximum Gasteiger partial charge on any atom is 0.191 e. The van der Waals surface area contributed by atoms with Crippen LogP contribution in [0, 0.1) is 0 Å². The van der Waals surface area contributed by atoms with E-state index in [1.807, 2.05) is 23.9 Å². The molecule has 174 valence electrons. The predicted octanol–water partition coefficient (Wildman–Crippen LogP) is 2.39. The fourth-order valence-corrected chi connectivity index (χ4v) is 4.17. The van der Waals surface area contributed by atoms with Gasteiger partial charge in [0.25, 0.3) is 0 Å². The molecule has 7 heteroatoms. The van der Waals surface area contributed by atoms with Gasteiger partial charge in [0.1, 0.15) is 0 Å². The number of nitrogens with zero attached hydrogens (tertiary/aromatic N) is 4. The van der Waals surface area contributed by atoms with E-state index in [1.165, 1.54) is 16.7 Å². The quantitative estimate of drug-likeness (QED) is 0.348. The van der Waals surface area contributed by atoms with Crippen molar-refractivity contribution in [1.29, 1.82) is 0 Å². The van der Waals surface area contributed by atoms with Gasteiger partial charge in [-0.15, -0.1) is 0 Å². The highest BCUT2D eigenvalue weighted by molar-refractivity contribution is 5.79. The molecule has 0 aliphatic carbocycles. The molecule has 0 spiro atoms. The van der Waals surface area contributed by atoms with Crippen LogP contribution in [0.2, 0.25) is 0 Å². The van der Waals surface area contributed by atoms with Gasteiger partial charge in [0, 0.05) is 45.1 Å². The van der Waals surface area contributed by atoms with Gasteiger partial charge in [-0.1, -0.05) is 36.4 Å². The number of nitrogens with one attached hydrogen (secondary N) is 2. The largest absolute Gasteiger partial charge is 0.390 e. The second kappa shape index (κ2) is 11.6. The van der Waals surface area contributed by atoms with E-state index in [0.29, 0.717) is 13.1 Å². The molecule has 0 amide bonds. The summed E-state index contributed by atoms with van der Waals surface area (Å²) in [6.07, 6.45) is 5.16. The number of hydrogen-bond donors (Lipinski definition) is 3. The highest BCUT2D eigenvalue weighted by atomic mass is 16.3. The van der Waals surface area contributed by atoms with Crippen LogP contribution in [-0.2, 0) is 19.4 Å². The van der Waals surface area contributed by atoms with Crippen LogP contribution in [0.4, 0.5) is 0 Å². The van der Waals surface area contributed by atoms with E-state index in [9.17, 15) is 5.11 Å². The SMILES string of the molecule is CCNC(=NCC(O)CN1CCc2ccccc2C1)NCCc1ccc(-n2cccn2)cc1. The normalized spacial score (nSPS) is 15.2. The van der Waals surface area contributed by atoms with Crippen molar-refractivity contribution < 1.29 is 5.11 Å². The minimum Gasteiger partial charge on any atom is -0.390 e. The van der Waals surface area contributed by atoms with Crippen LogP contribution in [0.3, 0.4) is 0 Å². The molecule has 1 aliphatic heterocycles. The molecule has 33 heavy (non-hydrogen) atoms. The van der Waals surface area contributed by atoms with E-state index < -0.39 is 6.10 Å². The van der Waals surface area contributed by atoms with Crippen molar-refractivity contribution in [3.63, 3.8) is 0 Å². The molecule has 1 atom stereocenters. The number of hydrogen-bond acceptors (Lipinski definition) is 4. The van der Waals surface area contributed by atoms with Gasteiger partial charge in [0.05, 0.1) is 18.3 Å². The predicted molar refractivity (Wildman–Crippen MR) is 133 cm³/mol. The van der Waals surface area contributed by atoms with Crippen molar-refractivity contribution in [2.75, 3.05) is 32.7 Å². The van der Waals surface area contributed by atoms with Crippen LogP contribution in [0.15, 0.2) is 72.0 Å². The molecular formula is C26H34N6O. The molecule has 1 unspecified atom stereocenters. The minimum absolute atomic E-state index is 0.381. The van der Waals surface area contributed by atoms with Gasteiger partial charge >= 0.3 is 0 Å². The summed E-state index contributed by atoms with van der Waals surface area (Å²) < 4.78 is 1.85. The average Bonchev–Trinajstić information content (AvgIpc) is 3.38. The molecule has 0 bridgehead atoms. The lowest BCUT2D eigenvalue weighted by atomic mass is 10.00. The monoisotopic (exact) mass is 446 g/mol. The molecule has 2 heterocycles. The number of benzene rings is 2. The number of aliphatic hydroxyl groups is 1. The number of β-amino-alcohol motifs (C(OH)–C–C–N with tert-alkyl or cyclic N) is 1. The Morgan fingerprint density at radius 3 is 2.67 bits per heavy atom. The molecule has 2 aromatic carbocycles. The first-order valence-electron chi connectivity index (χ1n) is 11.8. The zero-order valence-corrected chi connectivity index (χ0v) is 19.3. The van der Waals surface area contributed by atoms with Gasteiger partial charge in [-0.3, -0.25) is 9.89 Å². The second-order valence-electron chi connectivity index (χ2n) is 8.42. The first-order chi connectivity index (χ1) is 16.2. The number of fused-ring (bicyclic) bond motifs is 1. The van der Waals surface area contributed by atoms with E-state index in [-0.39, 0.29) is 0 Å². The zero-order valence-electron chi connectivity index (χ0n) is 19.3. The van der Waals surface area contributed by atoms with Gasteiger partial charge in [0.2, 0.25) is 0 Å². The van der Waals surface area contributed by atoms with Gasteiger partial charge in [0.15, 0.2) is 5.96 Å². The molecule has 1 aromatic heterocycles. The summed E-state index contributed by atoms with van der Waals surface area (Å²) in [4.78, 5) is 6.92. The molecule has 3 aromatic rings. The Labute approximate surface area is 196 Å². The Kier molecular flexibility index (Phi) is 8.11. The Hall–Kier alpha value is -3.16. The fourth-order valence-electron chi connectivity index (χ4n) is 4.17. The number of guanidine groups is 1. The first-order valence-corrected chi connectivity index (χ1v) is 11.8. The Morgan fingerprint density at radius 2 is 1.91 bits per heavy atom. The zero-order chi connectivity index (χ0) is 22.9. The Bertz CT molecular complexity index is 1020. The van der Waals surface area contributed by atoms with E-state index in [0.717, 1.165) is 50.7 Å². The third-order valence-corrected chi connectivity index (χ3v) is 5.89. The number of aliphatic imine (C=N–C) groups is 1. The molecular weight excluding hydrogens is 412 g/mol. The number of aromatic nitrogens is 2. The van der Waals surface area contributed by atoms with E-state index in [4.69, 9.17) is 0 Å². The van der Waals surface area contributed by atoms with Crippen LogP contribution in [0.25, 0.3) is 5.69 Å². The third kappa shape index (κ3) is 6.66. The summed E-state index contributed by atoms with van der Waals surface area (Å²) in [6, 6.07) is 18.9. The summed E-state index contributed by atoms with van der Waals surface area (Å²) in [7, 11) is 0. The van der Waals surface area contributed by atoms with Crippen molar-refractivity contribution in [1.82, 2.24) is 25.3 Å². The van der Waals surface area contributed by atoms with Gasteiger partial charge in [-0.05, 0) is 54.7 Å². The van der Waals surface area contributed by atoms with Crippen molar-refractivity contribution in [2.45, 2.75) is 32.4 Å². The number of aliphatic hydroxyl groups excluding tert-OH is 1. The standard InChI is InChI=1S/C26H34N6O/c1-2-27-26(28-15-12-21-8-10-24(11-9-21)32-16-5-14-30-32)29-18-25(33)20-31-17-13-22-6-3-4-7-23(22)19-31/h3-11,14,16,25,33H,2,12-13,15,17-20H2,1H3,(H2,27,28,29). The molecule has 0 fully saturated rings. The fraction of sp³-hybridized carbons (Fsp3) is 0.385.